The summed E-state index contributed by atoms with van der Waals surface area (Å²) in [6, 6.07) is 8.66. The minimum atomic E-state index is 0.0643. The molecule has 1 amide bonds. The minimum Gasteiger partial charge on any atom is -0.361 e. The van der Waals surface area contributed by atoms with E-state index in [1.807, 2.05) is 13.0 Å². The van der Waals surface area contributed by atoms with Crippen molar-refractivity contribution in [1.82, 2.24) is 19.9 Å². The lowest BCUT2D eigenvalue weighted by Crippen LogP contribution is -2.42. The van der Waals surface area contributed by atoms with Crippen LogP contribution in [0.5, 0.6) is 0 Å². The van der Waals surface area contributed by atoms with Gasteiger partial charge in [0.25, 0.3) is 5.91 Å². The van der Waals surface area contributed by atoms with Crippen molar-refractivity contribution in [3.05, 3.63) is 59.8 Å². The fourth-order valence-corrected chi connectivity index (χ4v) is 4.24. The molecule has 0 bridgehead atoms. The molecule has 5 nitrogen and oxygen atoms in total. The number of carbonyl (C=O) groups excluding carboxylic acids is 1. The zero-order chi connectivity index (χ0) is 19.3. The summed E-state index contributed by atoms with van der Waals surface area (Å²) in [6.07, 6.45) is 12.9. The van der Waals surface area contributed by atoms with Crippen LogP contribution in [0.15, 0.2) is 42.9 Å². The lowest BCUT2D eigenvalue weighted by atomic mass is 9.93. The topological polar surface area (TPSA) is 61.9 Å². The maximum Gasteiger partial charge on any atom is 0.257 e. The lowest BCUT2D eigenvalue weighted by Gasteiger charge is -2.34. The number of nitrogens with zero attached hydrogens (tertiary/aromatic N) is 3. The van der Waals surface area contributed by atoms with E-state index in [0.29, 0.717) is 11.6 Å². The first-order valence-corrected chi connectivity index (χ1v) is 10.4. The van der Waals surface area contributed by atoms with Gasteiger partial charge in [0.15, 0.2) is 0 Å². The average molecular weight is 377 g/mol. The molecule has 4 rings (SSSR count). The van der Waals surface area contributed by atoms with Crippen LogP contribution < -0.4 is 0 Å². The van der Waals surface area contributed by atoms with Crippen molar-refractivity contribution in [2.24, 2.45) is 0 Å². The molecule has 28 heavy (non-hydrogen) atoms. The predicted octanol–water partition coefficient (Wildman–Crippen LogP) is 4.54. The Labute approximate surface area is 166 Å². The zero-order valence-electron chi connectivity index (χ0n) is 16.5. The molecule has 1 fully saturated rings. The summed E-state index contributed by atoms with van der Waals surface area (Å²) in [4.78, 5) is 27.4. The molecule has 1 aliphatic carbocycles. The monoisotopic (exact) mass is 376 g/mol. The Hall–Kier alpha value is -2.69. The van der Waals surface area contributed by atoms with Gasteiger partial charge in [-0.05, 0) is 30.9 Å². The summed E-state index contributed by atoms with van der Waals surface area (Å²) in [7, 11) is 0. The number of hydrogen-bond donors (Lipinski definition) is 1. The van der Waals surface area contributed by atoms with Crippen LogP contribution in [-0.2, 0) is 12.8 Å². The molecule has 0 atom stereocenters. The van der Waals surface area contributed by atoms with Gasteiger partial charge in [-0.1, -0.05) is 44.4 Å². The predicted molar refractivity (Wildman–Crippen MR) is 111 cm³/mol. The minimum absolute atomic E-state index is 0.0643. The van der Waals surface area contributed by atoms with E-state index >= 15 is 0 Å². The summed E-state index contributed by atoms with van der Waals surface area (Å²) in [5, 5.41) is 1.24. The second-order valence-corrected chi connectivity index (χ2v) is 7.64. The highest BCUT2D eigenvalue weighted by atomic mass is 16.2. The lowest BCUT2D eigenvalue weighted by molar-refractivity contribution is 0.0636. The van der Waals surface area contributed by atoms with E-state index in [4.69, 9.17) is 0 Å². The van der Waals surface area contributed by atoms with Gasteiger partial charge in [-0.25, -0.2) is 9.97 Å². The summed E-state index contributed by atoms with van der Waals surface area (Å²) >= 11 is 0. The zero-order valence-corrected chi connectivity index (χ0v) is 16.5. The SMILES string of the molecule is CCc1ncc(C(=O)N(CCc2c[nH]c3ccccc23)C2CCCCC2)cn1. The molecule has 2 aromatic heterocycles. The van der Waals surface area contributed by atoms with E-state index in [1.54, 1.807) is 12.4 Å². The molecule has 1 N–H and O–H groups in total. The van der Waals surface area contributed by atoms with Crippen molar-refractivity contribution < 1.29 is 4.79 Å². The fourth-order valence-electron chi connectivity index (χ4n) is 4.24. The summed E-state index contributed by atoms with van der Waals surface area (Å²) in [5.74, 6) is 0.842. The standard InChI is InChI=1S/C23H28N4O/c1-2-22-25-15-18(16-26-22)23(28)27(19-8-4-3-5-9-19)13-12-17-14-24-21-11-7-6-10-20(17)21/h6-7,10-11,14-16,19,24H,2-5,8-9,12-13H2,1H3. The molecule has 1 aliphatic rings. The third-order valence-electron chi connectivity index (χ3n) is 5.84. The Morgan fingerprint density at radius 3 is 2.64 bits per heavy atom. The molecular formula is C23H28N4O. The van der Waals surface area contributed by atoms with Gasteiger partial charge in [0.1, 0.15) is 5.82 Å². The van der Waals surface area contributed by atoms with E-state index in [0.717, 1.165) is 43.6 Å². The van der Waals surface area contributed by atoms with Crippen molar-refractivity contribution in [2.45, 2.75) is 57.9 Å². The number of hydrogen-bond acceptors (Lipinski definition) is 3. The molecule has 3 aromatic rings. The van der Waals surface area contributed by atoms with Crippen LogP contribution in [0.25, 0.3) is 10.9 Å². The van der Waals surface area contributed by atoms with Gasteiger partial charge in [0.2, 0.25) is 0 Å². The van der Waals surface area contributed by atoms with E-state index < -0.39 is 0 Å². The first kappa shape index (κ1) is 18.7. The molecule has 0 radical (unpaired) electrons. The Morgan fingerprint density at radius 1 is 1.14 bits per heavy atom. The number of aryl methyl sites for hydroxylation is 1. The molecule has 0 spiro atoms. The van der Waals surface area contributed by atoms with Gasteiger partial charge in [-0.3, -0.25) is 4.79 Å². The van der Waals surface area contributed by atoms with Gasteiger partial charge in [-0.2, -0.15) is 0 Å². The van der Waals surface area contributed by atoms with Crippen LogP contribution in [0.4, 0.5) is 0 Å². The number of nitrogens with one attached hydrogen (secondary N) is 1. The van der Waals surface area contributed by atoms with Crippen molar-refractivity contribution >= 4 is 16.8 Å². The summed E-state index contributed by atoms with van der Waals surface area (Å²) in [5.41, 5.74) is 3.01. The third kappa shape index (κ3) is 3.93. The number of benzene rings is 1. The molecule has 146 valence electrons. The van der Waals surface area contributed by atoms with E-state index in [9.17, 15) is 4.79 Å². The van der Waals surface area contributed by atoms with E-state index in [2.05, 4.69) is 44.2 Å². The molecule has 5 heteroatoms. The number of fused-ring (bicyclic) bond motifs is 1. The van der Waals surface area contributed by atoms with Crippen LogP contribution >= 0.6 is 0 Å². The van der Waals surface area contributed by atoms with Crippen molar-refractivity contribution in [3.8, 4) is 0 Å². The fraction of sp³-hybridized carbons (Fsp3) is 0.435. The molecule has 0 unspecified atom stereocenters. The highest BCUT2D eigenvalue weighted by Crippen LogP contribution is 2.25. The van der Waals surface area contributed by atoms with E-state index in [-0.39, 0.29) is 5.91 Å². The summed E-state index contributed by atoms with van der Waals surface area (Å²) in [6.45, 7) is 2.74. The summed E-state index contributed by atoms with van der Waals surface area (Å²) < 4.78 is 0. The van der Waals surface area contributed by atoms with E-state index in [1.165, 1.54) is 30.2 Å². The Balaban J connectivity index is 1.55. The van der Waals surface area contributed by atoms with Crippen LogP contribution in [0.1, 0.15) is 60.8 Å². The maximum absolute atomic E-state index is 13.3. The highest BCUT2D eigenvalue weighted by molar-refractivity contribution is 5.94. The van der Waals surface area contributed by atoms with Gasteiger partial charge >= 0.3 is 0 Å². The van der Waals surface area contributed by atoms with Gasteiger partial charge in [0, 0.05) is 48.5 Å². The number of aromatic nitrogens is 3. The molecule has 0 saturated heterocycles. The third-order valence-corrected chi connectivity index (χ3v) is 5.84. The second-order valence-electron chi connectivity index (χ2n) is 7.64. The molecule has 1 saturated carbocycles. The molecule has 2 heterocycles. The Kier molecular flexibility index (Phi) is 5.70. The number of carbonyl (C=O) groups is 1. The van der Waals surface area contributed by atoms with Crippen LogP contribution in [0, 0.1) is 0 Å². The number of aromatic amines is 1. The average Bonchev–Trinajstić information content (AvgIpc) is 3.18. The van der Waals surface area contributed by atoms with Crippen LogP contribution in [0.2, 0.25) is 0 Å². The first-order valence-electron chi connectivity index (χ1n) is 10.4. The number of H-pyrrole nitrogens is 1. The normalized spacial score (nSPS) is 15.0. The number of para-hydroxylation sites is 1. The molecular weight excluding hydrogens is 348 g/mol. The second kappa shape index (κ2) is 8.55. The van der Waals surface area contributed by atoms with Gasteiger partial charge < -0.3 is 9.88 Å². The van der Waals surface area contributed by atoms with Crippen molar-refractivity contribution in [1.29, 1.82) is 0 Å². The number of rotatable bonds is 6. The molecule has 0 aliphatic heterocycles. The quantitative estimate of drug-likeness (QED) is 0.687. The first-order chi connectivity index (χ1) is 13.8. The Morgan fingerprint density at radius 2 is 1.89 bits per heavy atom. The molecule has 1 aromatic carbocycles. The van der Waals surface area contributed by atoms with Crippen LogP contribution in [0.3, 0.4) is 0 Å². The van der Waals surface area contributed by atoms with Crippen LogP contribution in [-0.4, -0.2) is 38.3 Å². The highest BCUT2D eigenvalue weighted by Gasteiger charge is 2.26. The smallest absolute Gasteiger partial charge is 0.257 e. The van der Waals surface area contributed by atoms with Gasteiger partial charge in [-0.15, -0.1) is 0 Å². The van der Waals surface area contributed by atoms with Gasteiger partial charge in [0.05, 0.1) is 5.56 Å². The Bertz CT molecular complexity index is 925. The number of amides is 1. The van der Waals surface area contributed by atoms with Crippen molar-refractivity contribution in [3.63, 3.8) is 0 Å². The largest absolute Gasteiger partial charge is 0.361 e. The maximum atomic E-state index is 13.3. The van der Waals surface area contributed by atoms with Crippen molar-refractivity contribution in [2.75, 3.05) is 6.54 Å².